The van der Waals surface area contributed by atoms with E-state index in [1.807, 2.05) is 0 Å². The maximum absolute atomic E-state index is 2.57. The summed E-state index contributed by atoms with van der Waals surface area (Å²) >= 11 is 0. The maximum atomic E-state index is 2.57. The van der Waals surface area contributed by atoms with Crippen molar-refractivity contribution in [3.8, 4) is 61.3 Å². The Morgan fingerprint density at radius 2 is 0.718 bits per heavy atom. The summed E-state index contributed by atoms with van der Waals surface area (Å²) in [4.78, 5) is 2.46. The van der Waals surface area contributed by atoms with Crippen LogP contribution in [0, 0.1) is 13.8 Å². The van der Waals surface area contributed by atoms with Gasteiger partial charge in [0.1, 0.15) is 0 Å². The van der Waals surface area contributed by atoms with Crippen molar-refractivity contribution in [2.75, 3.05) is 4.90 Å². The lowest BCUT2D eigenvalue weighted by atomic mass is 9.65. The molecule has 3 aliphatic carbocycles. The lowest BCUT2D eigenvalue weighted by molar-refractivity contribution is 0.748. The Morgan fingerprint density at radius 3 is 1.27 bits per heavy atom. The summed E-state index contributed by atoms with van der Waals surface area (Å²) in [6.07, 6.45) is 0. The lowest BCUT2D eigenvalue weighted by Crippen LogP contribution is -2.33. The Bertz CT molecular complexity index is 4580. The van der Waals surface area contributed by atoms with Crippen molar-refractivity contribution in [2.24, 2.45) is 0 Å². The van der Waals surface area contributed by atoms with E-state index < -0.39 is 10.8 Å². The molecule has 2 spiro atoms. The van der Waals surface area contributed by atoms with E-state index >= 15 is 0 Å². The highest BCUT2D eigenvalue weighted by Gasteiger charge is 2.53. The predicted octanol–water partition coefficient (Wildman–Crippen LogP) is 19.2. The van der Waals surface area contributed by atoms with E-state index in [9.17, 15) is 0 Å². The van der Waals surface area contributed by atoms with Crippen molar-refractivity contribution in [1.82, 2.24) is 4.57 Å². The molecule has 1 aliphatic heterocycles. The maximum Gasteiger partial charge on any atom is 0.0754 e. The Labute approximate surface area is 454 Å². The molecule has 78 heavy (non-hydrogen) atoms. The number of hydrogen-bond donors (Lipinski definition) is 0. The monoisotopic (exact) mass is 990 g/mol. The van der Waals surface area contributed by atoms with Crippen molar-refractivity contribution in [2.45, 2.75) is 24.7 Å². The molecule has 0 saturated carbocycles. The van der Waals surface area contributed by atoms with E-state index in [-0.39, 0.29) is 0 Å². The van der Waals surface area contributed by atoms with E-state index in [2.05, 4.69) is 290 Å². The van der Waals surface area contributed by atoms with Gasteiger partial charge in [-0.15, -0.1) is 0 Å². The fourth-order valence-electron chi connectivity index (χ4n) is 15.0. The highest BCUT2D eigenvalue weighted by molar-refractivity contribution is 6.13. The second-order valence-corrected chi connectivity index (χ2v) is 22.0. The molecule has 0 unspecified atom stereocenters. The van der Waals surface area contributed by atoms with Crippen LogP contribution in [-0.2, 0) is 10.8 Å². The molecule has 2 nitrogen and oxygen atoms in total. The number of rotatable bonds is 5. The molecule has 2 heteroatoms. The summed E-state index contributed by atoms with van der Waals surface area (Å²) < 4.78 is 2.57. The summed E-state index contributed by atoms with van der Waals surface area (Å²) in [7, 11) is 0. The molecule has 1 aromatic heterocycles. The van der Waals surface area contributed by atoms with Crippen LogP contribution in [-0.4, -0.2) is 4.57 Å². The Morgan fingerprint density at radius 1 is 0.282 bits per heavy atom. The quantitative estimate of drug-likeness (QED) is 0.167. The van der Waals surface area contributed by atoms with Crippen LogP contribution in [0.1, 0.15) is 55.6 Å². The molecule has 0 radical (unpaired) electrons. The average Bonchev–Trinajstić information content (AvgIpc) is 2.84. The first-order valence-corrected chi connectivity index (χ1v) is 27.4. The van der Waals surface area contributed by atoms with Crippen molar-refractivity contribution in [3.05, 3.63) is 323 Å². The van der Waals surface area contributed by atoms with Crippen LogP contribution >= 0.6 is 0 Å². The Kier molecular flexibility index (Phi) is 8.86. The van der Waals surface area contributed by atoms with Crippen molar-refractivity contribution >= 4 is 38.9 Å². The van der Waals surface area contributed by atoms with E-state index in [0.717, 1.165) is 17.1 Å². The zero-order valence-electron chi connectivity index (χ0n) is 43.3. The SMILES string of the molecule is Cc1ccc2c(c1)c1cc(C)cc3c1n2-c1ccc(-c2ccc(N(c4ccc(-c5ccccc5)cc4)c4ccc5c(c4)C4(c6ccccc6-c6ccccc64)c4ccccc4-5)cc2)cc1C31c2ccccc2-c2ccccc21. The lowest BCUT2D eigenvalue weighted by Gasteiger charge is -2.40. The predicted molar refractivity (Wildman–Crippen MR) is 323 cm³/mol. The van der Waals surface area contributed by atoms with Gasteiger partial charge < -0.3 is 9.47 Å². The number of fused-ring (bicyclic) bond motifs is 22. The minimum absolute atomic E-state index is 0.456. The van der Waals surface area contributed by atoms with Gasteiger partial charge in [-0.25, -0.2) is 0 Å². The molecule has 0 atom stereocenters. The van der Waals surface area contributed by atoms with Gasteiger partial charge in [0.15, 0.2) is 0 Å². The fraction of sp³-hybridized carbons (Fsp3) is 0.0526. The van der Waals surface area contributed by atoms with Gasteiger partial charge in [0.2, 0.25) is 0 Å². The highest BCUT2D eigenvalue weighted by Crippen LogP contribution is 2.64. The second kappa shape index (κ2) is 15.9. The number of anilines is 3. The van der Waals surface area contributed by atoms with Crippen molar-refractivity contribution < 1.29 is 0 Å². The van der Waals surface area contributed by atoms with Gasteiger partial charge in [-0.05, 0) is 181 Å². The Hall–Kier alpha value is -9.76. The largest absolute Gasteiger partial charge is 0.310 e. The van der Waals surface area contributed by atoms with E-state index in [4.69, 9.17) is 0 Å². The van der Waals surface area contributed by atoms with Crippen LogP contribution in [0.5, 0.6) is 0 Å². The zero-order valence-corrected chi connectivity index (χ0v) is 43.3. The summed E-state index contributed by atoms with van der Waals surface area (Å²) in [6, 6.07) is 101. The summed E-state index contributed by atoms with van der Waals surface area (Å²) in [5.74, 6) is 0. The van der Waals surface area contributed by atoms with Crippen LogP contribution < -0.4 is 4.90 Å². The first-order chi connectivity index (χ1) is 38.5. The topological polar surface area (TPSA) is 8.17 Å². The van der Waals surface area contributed by atoms with Gasteiger partial charge in [-0.3, -0.25) is 0 Å². The van der Waals surface area contributed by atoms with Gasteiger partial charge in [-0.1, -0.05) is 211 Å². The summed E-state index contributed by atoms with van der Waals surface area (Å²) in [5, 5.41) is 2.62. The van der Waals surface area contributed by atoms with Gasteiger partial charge in [0, 0.05) is 27.8 Å². The van der Waals surface area contributed by atoms with Crippen LogP contribution in [0.25, 0.3) is 83.1 Å². The Balaban J connectivity index is 0.859. The van der Waals surface area contributed by atoms with Gasteiger partial charge in [-0.2, -0.15) is 0 Å². The fourth-order valence-corrected chi connectivity index (χ4v) is 15.0. The first-order valence-electron chi connectivity index (χ1n) is 27.4. The molecule has 0 fully saturated rings. The number of nitrogens with zero attached hydrogens (tertiary/aromatic N) is 2. The number of benzene rings is 12. The van der Waals surface area contributed by atoms with Gasteiger partial charge in [0.25, 0.3) is 0 Å². The van der Waals surface area contributed by atoms with Crippen molar-refractivity contribution in [3.63, 3.8) is 0 Å². The van der Waals surface area contributed by atoms with Gasteiger partial charge in [0.05, 0.1) is 27.6 Å². The number of aryl methyl sites for hydroxylation is 2. The summed E-state index contributed by atoms with van der Waals surface area (Å²) in [6.45, 7) is 4.49. The van der Waals surface area contributed by atoms with E-state index in [0.29, 0.717) is 0 Å². The number of aromatic nitrogens is 1. The second-order valence-electron chi connectivity index (χ2n) is 22.0. The molecule has 12 aromatic carbocycles. The van der Waals surface area contributed by atoms with Gasteiger partial charge >= 0.3 is 0 Å². The summed E-state index contributed by atoms with van der Waals surface area (Å²) in [5.41, 5.74) is 31.9. The average molecular weight is 991 g/mol. The zero-order chi connectivity index (χ0) is 51.4. The minimum Gasteiger partial charge on any atom is -0.310 e. The molecule has 17 rings (SSSR count). The van der Waals surface area contributed by atoms with Crippen LogP contribution in [0.15, 0.2) is 267 Å². The third kappa shape index (κ3) is 5.61. The minimum atomic E-state index is -0.532. The van der Waals surface area contributed by atoms with Crippen LogP contribution in [0.4, 0.5) is 17.1 Å². The van der Waals surface area contributed by atoms with Crippen molar-refractivity contribution in [1.29, 1.82) is 0 Å². The molecule has 0 bridgehead atoms. The molecule has 0 saturated heterocycles. The van der Waals surface area contributed by atoms with E-state index in [1.54, 1.807) is 0 Å². The standard InChI is InChI=1S/C76H50N2/c1-47-28-40-72-62(42-47)63-43-48(2)44-71-74(63)78(72)73-41-33-52(45-70(73)76(71)67-26-14-8-20-58(67)59-21-9-15-27-68(59)76)51-31-36-54(37-32-51)77(53-34-29-50(30-35-53)49-16-4-3-5-17-49)55-38-39-61-60-22-10-13-25-66(60)75(69(61)46-55)64-23-11-6-18-56(64)57-19-7-12-24-65(57)75/h3-46H,1-2H3. The van der Waals surface area contributed by atoms with Crippen LogP contribution in [0.2, 0.25) is 0 Å². The number of hydrogen-bond acceptors (Lipinski definition) is 1. The highest BCUT2D eigenvalue weighted by atomic mass is 15.1. The smallest absolute Gasteiger partial charge is 0.0754 e. The molecule has 0 N–H and O–H groups in total. The van der Waals surface area contributed by atoms with Crippen LogP contribution in [0.3, 0.4) is 0 Å². The first kappa shape index (κ1) is 43.5. The molecule has 364 valence electrons. The normalized spacial score (nSPS) is 14.0. The molecule has 13 aromatic rings. The third-order valence-corrected chi connectivity index (χ3v) is 18.1. The molecule has 4 aliphatic rings. The van der Waals surface area contributed by atoms with E-state index in [1.165, 1.54) is 139 Å². The molecule has 0 amide bonds. The molecule has 2 heterocycles. The molecular weight excluding hydrogens is 941 g/mol. The molecular formula is C76H50N2. The third-order valence-electron chi connectivity index (χ3n) is 18.1.